The predicted molar refractivity (Wildman–Crippen MR) is 115 cm³/mol. The van der Waals surface area contributed by atoms with E-state index in [0.717, 1.165) is 0 Å². The highest BCUT2D eigenvalue weighted by Crippen LogP contribution is 2.20. The second kappa shape index (κ2) is 10.2. The number of oxazole rings is 1. The lowest BCUT2D eigenvalue weighted by Gasteiger charge is -2.23. The van der Waals surface area contributed by atoms with Gasteiger partial charge in [-0.15, -0.1) is 0 Å². The van der Waals surface area contributed by atoms with Crippen LogP contribution >= 0.6 is 0 Å². The maximum Gasteiger partial charge on any atom is 0.287 e. The molecule has 1 aliphatic heterocycles. The normalized spacial score (nSPS) is 18.7. The van der Waals surface area contributed by atoms with Gasteiger partial charge in [0, 0.05) is 25.3 Å². The predicted octanol–water partition coefficient (Wildman–Crippen LogP) is 1.43. The number of sulfonamides is 1. The molecule has 0 saturated carbocycles. The first-order chi connectivity index (χ1) is 15.2. The van der Waals surface area contributed by atoms with E-state index in [0.29, 0.717) is 24.4 Å². The Morgan fingerprint density at radius 3 is 2.62 bits per heavy atom. The molecule has 2 heterocycles. The molecular weight excluding hydrogens is 434 g/mol. The van der Waals surface area contributed by atoms with Crippen LogP contribution < -0.4 is 10.0 Å². The van der Waals surface area contributed by atoms with E-state index in [1.165, 1.54) is 18.4 Å². The molecule has 10 heteroatoms. The molecule has 0 aliphatic carbocycles. The number of rotatable bonds is 7. The van der Waals surface area contributed by atoms with E-state index >= 15 is 0 Å². The third-order valence-electron chi connectivity index (χ3n) is 5.36. The van der Waals surface area contributed by atoms with E-state index < -0.39 is 39.5 Å². The number of aromatic nitrogens is 1. The molecule has 1 amide bonds. The average Bonchev–Trinajstić information content (AvgIpc) is 3.21. The van der Waals surface area contributed by atoms with Crippen molar-refractivity contribution < 1.29 is 27.2 Å². The molecule has 32 heavy (non-hydrogen) atoms. The molecule has 2 N–H and O–H groups in total. The van der Waals surface area contributed by atoms with E-state index in [9.17, 15) is 22.8 Å². The van der Waals surface area contributed by atoms with E-state index in [2.05, 4.69) is 15.0 Å². The summed E-state index contributed by atoms with van der Waals surface area (Å²) in [6, 6.07) is 6.72. The van der Waals surface area contributed by atoms with Crippen molar-refractivity contribution in [2.45, 2.75) is 50.5 Å². The van der Waals surface area contributed by atoms with Gasteiger partial charge in [0.2, 0.25) is 15.8 Å². The molecule has 0 spiro atoms. The third kappa shape index (κ3) is 5.89. The number of aryl methyl sites for hydroxylation is 1. The van der Waals surface area contributed by atoms with Gasteiger partial charge in [-0.3, -0.25) is 14.4 Å². The van der Waals surface area contributed by atoms with Gasteiger partial charge in [0.05, 0.1) is 16.6 Å². The lowest BCUT2D eigenvalue weighted by atomic mass is 9.87. The van der Waals surface area contributed by atoms with E-state index in [1.807, 2.05) is 0 Å². The molecule has 2 atom stereocenters. The lowest BCUT2D eigenvalue weighted by Crippen LogP contribution is -2.46. The maximum atomic E-state index is 13.1. The Labute approximate surface area is 187 Å². The molecule has 1 aromatic heterocycles. The molecule has 1 aliphatic rings. The molecule has 172 valence electrons. The second-order valence-electron chi connectivity index (χ2n) is 8.16. The summed E-state index contributed by atoms with van der Waals surface area (Å²) in [5.74, 6) is -2.66. The highest BCUT2D eigenvalue weighted by molar-refractivity contribution is 7.89. The van der Waals surface area contributed by atoms with Gasteiger partial charge in [-0.2, -0.15) is 0 Å². The molecule has 0 radical (unpaired) electrons. The first-order valence-electron chi connectivity index (χ1n) is 10.5. The Bertz CT molecular complexity index is 1080. The van der Waals surface area contributed by atoms with Crippen molar-refractivity contribution in [3.63, 3.8) is 0 Å². The molecule has 0 saturated heterocycles. The zero-order valence-corrected chi connectivity index (χ0v) is 18.9. The van der Waals surface area contributed by atoms with Crippen LogP contribution in [0, 0.1) is 11.8 Å². The second-order valence-corrected chi connectivity index (χ2v) is 9.88. The summed E-state index contributed by atoms with van der Waals surface area (Å²) in [4.78, 5) is 42.5. The number of fused-ring (bicyclic) bond motifs is 2. The molecule has 2 bridgehead atoms. The minimum absolute atomic E-state index is 0.0469. The number of nitrogens with zero attached hydrogens (tertiary/aromatic N) is 1. The van der Waals surface area contributed by atoms with Crippen LogP contribution in [0.2, 0.25) is 0 Å². The number of hydrogen-bond acceptors (Lipinski definition) is 7. The van der Waals surface area contributed by atoms with Gasteiger partial charge < -0.3 is 9.73 Å². The van der Waals surface area contributed by atoms with Crippen molar-refractivity contribution >= 4 is 27.5 Å². The summed E-state index contributed by atoms with van der Waals surface area (Å²) < 4.78 is 33.3. The van der Waals surface area contributed by atoms with Crippen LogP contribution in [-0.4, -0.2) is 43.5 Å². The van der Waals surface area contributed by atoms with Gasteiger partial charge in [-0.25, -0.2) is 18.1 Å². The highest BCUT2D eigenvalue weighted by atomic mass is 32.2. The summed E-state index contributed by atoms with van der Waals surface area (Å²) in [5.41, 5.74) is 0.643. The van der Waals surface area contributed by atoms with Crippen molar-refractivity contribution in [2.75, 3.05) is 6.54 Å². The van der Waals surface area contributed by atoms with Crippen LogP contribution in [0.1, 0.15) is 38.3 Å². The molecule has 3 rings (SSSR count). The Kier molecular flexibility index (Phi) is 7.57. The minimum Gasteiger partial charge on any atom is -0.449 e. The Morgan fingerprint density at radius 1 is 1.22 bits per heavy atom. The van der Waals surface area contributed by atoms with Crippen molar-refractivity contribution in [3.8, 4) is 0 Å². The number of Topliss-reactive ketones (excluding diaryl/α,β-unsaturated/α-hetero) is 2. The van der Waals surface area contributed by atoms with E-state index in [-0.39, 0.29) is 30.2 Å². The summed E-state index contributed by atoms with van der Waals surface area (Å²) in [7, 11) is -3.93. The fourth-order valence-electron chi connectivity index (χ4n) is 3.56. The zero-order chi connectivity index (χ0) is 23.3. The summed E-state index contributed by atoms with van der Waals surface area (Å²) >= 11 is 0. The fourth-order valence-corrected chi connectivity index (χ4v) is 4.95. The Hall–Kier alpha value is -2.85. The summed E-state index contributed by atoms with van der Waals surface area (Å²) in [5, 5.41) is 2.53. The van der Waals surface area contributed by atoms with Crippen molar-refractivity contribution in [2.24, 2.45) is 11.8 Å². The smallest absolute Gasteiger partial charge is 0.287 e. The van der Waals surface area contributed by atoms with Crippen LogP contribution in [0.5, 0.6) is 0 Å². The molecule has 9 nitrogen and oxygen atoms in total. The van der Waals surface area contributed by atoms with Gasteiger partial charge in [0.1, 0.15) is 6.26 Å². The largest absolute Gasteiger partial charge is 0.449 e. The fraction of sp³-hybridized carbons (Fsp3) is 0.455. The molecule has 1 aromatic carbocycles. The number of amides is 1. The molecular formula is C22H27N3O6S. The van der Waals surface area contributed by atoms with Crippen molar-refractivity contribution in [1.82, 2.24) is 15.0 Å². The number of nitrogens with one attached hydrogen (secondary N) is 2. The number of benzene rings is 1. The standard InChI is InChI=1S/C22H27N3O6S/c1-14(2)20(25-32(29,30)17-6-4-3-5-7-17)18(26)12-15-8-9-16-13-31-19(24-16)10-11-23-22(28)21(15)27/h3-7,13-15,20,25H,8-12H2,1-2H3,(H,23,28). The number of carbonyl (C=O) groups excluding carboxylic acids is 3. The van der Waals surface area contributed by atoms with Gasteiger partial charge in [0.25, 0.3) is 5.91 Å². The topological polar surface area (TPSA) is 135 Å². The van der Waals surface area contributed by atoms with Crippen molar-refractivity contribution in [3.05, 3.63) is 48.2 Å². The monoisotopic (exact) mass is 461 g/mol. The van der Waals surface area contributed by atoms with Crippen LogP contribution in [0.25, 0.3) is 0 Å². The Balaban J connectivity index is 1.77. The molecule has 2 unspecified atom stereocenters. The molecule has 2 aromatic rings. The minimum atomic E-state index is -3.93. The van der Waals surface area contributed by atoms with E-state index in [4.69, 9.17) is 4.42 Å². The van der Waals surface area contributed by atoms with Crippen LogP contribution in [0.15, 0.2) is 45.9 Å². The first-order valence-corrected chi connectivity index (χ1v) is 12.0. The number of carbonyl (C=O) groups is 3. The van der Waals surface area contributed by atoms with Gasteiger partial charge in [-0.1, -0.05) is 32.0 Å². The quantitative estimate of drug-likeness (QED) is 0.595. The van der Waals surface area contributed by atoms with E-state index in [1.54, 1.807) is 32.0 Å². The SMILES string of the molecule is CC(C)C(NS(=O)(=O)c1ccccc1)C(=O)CC1CCc2coc(n2)CCNC(=O)C1=O. The van der Waals surface area contributed by atoms with Crippen LogP contribution in [-0.2, 0) is 37.2 Å². The molecule has 0 fully saturated rings. The maximum absolute atomic E-state index is 13.1. The first kappa shape index (κ1) is 23.8. The van der Waals surface area contributed by atoms with Crippen molar-refractivity contribution in [1.29, 1.82) is 0 Å². The lowest BCUT2D eigenvalue weighted by molar-refractivity contribution is -0.141. The number of ketones is 2. The number of hydrogen-bond donors (Lipinski definition) is 2. The van der Waals surface area contributed by atoms with Crippen LogP contribution in [0.4, 0.5) is 0 Å². The summed E-state index contributed by atoms with van der Waals surface area (Å²) in [6.07, 6.45) is 2.20. The highest BCUT2D eigenvalue weighted by Gasteiger charge is 2.34. The van der Waals surface area contributed by atoms with Gasteiger partial charge in [0.15, 0.2) is 11.7 Å². The van der Waals surface area contributed by atoms with Gasteiger partial charge >= 0.3 is 0 Å². The summed E-state index contributed by atoms with van der Waals surface area (Å²) in [6.45, 7) is 3.63. The van der Waals surface area contributed by atoms with Crippen LogP contribution in [0.3, 0.4) is 0 Å². The zero-order valence-electron chi connectivity index (χ0n) is 18.0. The van der Waals surface area contributed by atoms with Gasteiger partial charge in [-0.05, 0) is 30.9 Å². The average molecular weight is 462 g/mol. The third-order valence-corrected chi connectivity index (χ3v) is 6.82. The Morgan fingerprint density at radius 2 is 1.94 bits per heavy atom.